The number of methoxy groups -OCH3 is 2. The molecule has 9 nitrogen and oxygen atoms in total. The van der Waals surface area contributed by atoms with Crippen molar-refractivity contribution in [2.75, 3.05) is 53.7 Å². The Labute approximate surface area is 189 Å². The van der Waals surface area contributed by atoms with E-state index in [1.165, 1.54) is 0 Å². The second-order valence-electron chi connectivity index (χ2n) is 8.33. The van der Waals surface area contributed by atoms with Gasteiger partial charge < -0.3 is 29.5 Å². The molecule has 2 fully saturated rings. The molecule has 2 amide bonds. The molecule has 0 radical (unpaired) electrons. The molecule has 2 heterocycles. The second kappa shape index (κ2) is 12.2. The van der Waals surface area contributed by atoms with E-state index >= 15 is 0 Å². The normalized spacial score (nSPS) is 22.2. The molecule has 0 aromatic heterocycles. The molecule has 3 rings (SSSR count). The first-order valence-electron chi connectivity index (χ1n) is 11.2. The Morgan fingerprint density at radius 3 is 2.69 bits per heavy atom. The van der Waals surface area contributed by atoms with E-state index in [1.54, 1.807) is 14.2 Å². The molecule has 0 spiro atoms. The highest BCUT2D eigenvalue weighted by molar-refractivity contribution is 5.82. The molecule has 2 saturated heterocycles. The van der Waals surface area contributed by atoms with Gasteiger partial charge in [-0.05, 0) is 37.0 Å². The Morgan fingerprint density at radius 2 is 1.97 bits per heavy atom. The Kier molecular flexibility index (Phi) is 9.28. The topological polar surface area (TPSA) is 101 Å². The first-order valence-corrected chi connectivity index (χ1v) is 11.2. The number of carbonyl (C=O) groups is 2. The molecule has 178 valence electrons. The summed E-state index contributed by atoms with van der Waals surface area (Å²) in [7, 11) is 3.21. The van der Waals surface area contributed by atoms with E-state index in [-0.39, 0.29) is 30.5 Å². The van der Waals surface area contributed by atoms with Gasteiger partial charge in [0.05, 0.1) is 32.5 Å². The number of aliphatic hydroxyl groups is 1. The number of benzene rings is 1. The van der Waals surface area contributed by atoms with Gasteiger partial charge in [-0.25, -0.2) is 0 Å². The number of piperidine rings is 1. The maximum absolute atomic E-state index is 12.9. The summed E-state index contributed by atoms with van der Waals surface area (Å²) in [6.07, 6.45) is 1.46. The molecule has 9 heteroatoms. The largest absolute Gasteiger partial charge is 0.497 e. The van der Waals surface area contributed by atoms with Gasteiger partial charge >= 0.3 is 0 Å². The number of nitrogens with one attached hydrogen (secondary N) is 1. The maximum Gasteiger partial charge on any atom is 0.248 e. The van der Waals surface area contributed by atoms with Gasteiger partial charge in [-0.15, -0.1) is 0 Å². The van der Waals surface area contributed by atoms with Gasteiger partial charge in [0.1, 0.15) is 12.4 Å². The highest BCUT2D eigenvalue weighted by Gasteiger charge is 2.40. The lowest BCUT2D eigenvalue weighted by Crippen LogP contribution is -2.52. The predicted molar refractivity (Wildman–Crippen MR) is 118 cm³/mol. The number of hydrogen-bond acceptors (Lipinski definition) is 7. The lowest BCUT2D eigenvalue weighted by atomic mass is 10.0. The van der Waals surface area contributed by atoms with Crippen LogP contribution in [0.15, 0.2) is 24.3 Å². The second-order valence-corrected chi connectivity index (χ2v) is 8.33. The number of carbonyl (C=O) groups excluding carboxylic acids is 2. The van der Waals surface area contributed by atoms with Crippen molar-refractivity contribution < 1.29 is 28.9 Å². The van der Waals surface area contributed by atoms with Gasteiger partial charge in [-0.1, -0.05) is 12.1 Å². The van der Waals surface area contributed by atoms with Crippen LogP contribution in [0.1, 0.15) is 24.8 Å². The van der Waals surface area contributed by atoms with Crippen LogP contribution < -0.4 is 10.1 Å². The highest BCUT2D eigenvalue weighted by atomic mass is 16.5. The zero-order chi connectivity index (χ0) is 22.9. The summed E-state index contributed by atoms with van der Waals surface area (Å²) in [5, 5.41) is 13.3. The Morgan fingerprint density at radius 1 is 1.19 bits per heavy atom. The van der Waals surface area contributed by atoms with Crippen molar-refractivity contribution in [1.82, 2.24) is 15.1 Å². The number of rotatable bonds is 10. The summed E-state index contributed by atoms with van der Waals surface area (Å²) < 4.78 is 15.5. The van der Waals surface area contributed by atoms with Crippen molar-refractivity contribution in [1.29, 1.82) is 0 Å². The van der Waals surface area contributed by atoms with Crippen molar-refractivity contribution in [2.24, 2.45) is 0 Å². The Bertz CT molecular complexity index is 753. The average molecular weight is 450 g/mol. The number of hydrogen-bond donors (Lipinski definition) is 2. The third-order valence-corrected chi connectivity index (χ3v) is 6.16. The number of aliphatic hydroxyl groups excluding tert-OH is 1. The van der Waals surface area contributed by atoms with E-state index in [0.717, 1.165) is 24.2 Å². The van der Waals surface area contributed by atoms with Gasteiger partial charge in [-0.2, -0.15) is 0 Å². The summed E-state index contributed by atoms with van der Waals surface area (Å²) in [6, 6.07) is 7.40. The molecule has 2 aliphatic heterocycles. The molecule has 0 aliphatic carbocycles. The van der Waals surface area contributed by atoms with Crippen LogP contribution in [0.4, 0.5) is 0 Å². The Balaban J connectivity index is 1.49. The minimum atomic E-state index is -0.517. The molecule has 2 N–H and O–H groups in total. The van der Waals surface area contributed by atoms with Gasteiger partial charge in [0.25, 0.3) is 0 Å². The number of likely N-dealkylation sites (tertiary alicyclic amines) is 2. The van der Waals surface area contributed by atoms with Crippen molar-refractivity contribution >= 4 is 11.8 Å². The van der Waals surface area contributed by atoms with Crippen LogP contribution in [-0.4, -0.2) is 98.6 Å². The van der Waals surface area contributed by atoms with E-state index in [0.29, 0.717) is 45.8 Å². The number of nitrogens with zero attached hydrogens (tertiary/aromatic N) is 2. The molecular formula is C23H35N3O6. The SMILES string of the molecule is COCCOCC(=O)N1CCC(N2CC(O)CC2C(=O)NCc2cccc(OC)c2)CC1. The molecule has 2 aliphatic rings. The third-order valence-electron chi connectivity index (χ3n) is 6.16. The van der Waals surface area contributed by atoms with Crippen LogP contribution in [0.25, 0.3) is 0 Å². The standard InChI is InChI=1S/C23H35N3O6/c1-30-10-11-32-16-22(28)25-8-6-18(7-9-25)26-15-19(27)13-21(26)23(29)24-14-17-4-3-5-20(12-17)31-2/h3-5,12,18-19,21,27H,6-11,13-16H2,1-2H3,(H,24,29). The summed E-state index contributed by atoms with van der Waals surface area (Å²) >= 11 is 0. The minimum Gasteiger partial charge on any atom is -0.497 e. The smallest absolute Gasteiger partial charge is 0.248 e. The first kappa shape index (κ1) is 24.4. The third kappa shape index (κ3) is 6.65. The summed E-state index contributed by atoms with van der Waals surface area (Å²) in [6.45, 7) is 3.07. The molecule has 1 aromatic rings. The number of β-amino-alcohol motifs (C(OH)–C–C–N with tert-alkyl or cyclic N) is 1. The molecule has 32 heavy (non-hydrogen) atoms. The zero-order valence-corrected chi connectivity index (χ0v) is 19.0. The molecular weight excluding hydrogens is 414 g/mol. The van der Waals surface area contributed by atoms with Crippen LogP contribution in [0.5, 0.6) is 5.75 Å². The molecule has 1 aromatic carbocycles. The first-order chi connectivity index (χ1) is 15.5. The van der Waals surface area contributed by atoms with E-state index in [4.69, 9.17) is 14.2 Å². The van der Waals surface area contributed by atoms with E-state index in [9.17, 15) is 14.7 Å². The quantitative estimate of drug-likeness (QED) is 0.499. The lowest BCUT2D eigenvalue weighted by molar-refractivity contribution is -0.138. The van der Waals surface area contributed by atoms with Crippen LogP contribution in [-0.2, 0) is 25.6 Å². The summed E-state index contributed by atoms with van der Waals surface area (Å²) in [5.74, 6) is 0.656. The summed E-state index contributed by atoms with van der Waals surface area (Å²) in [4.78, 5) is 29.2. The summed E-state index contributed by atoms with van der Waals surface area (Å²) in [5.41, 5.74) is 0.960. The van der Waals surface area contributed by atoms with E-state index in [1.807, 2.05) is 29.2 Å². The van der Waals surface area contributed by atoms with Crippen molar-refractivity contribution in [2.45, 2.75) is 44.0 Å². The predicted octanol–water partition coefficient (Wildman–Crippen LogP) is 0.401. The van der Waals surface area contributed by atoms with Crippen LogP contribution in [0.2, 0.25) is 0 Å². The van der Waals surface area contributed by atoms with Crippen molar-refractivity contribution in [3.05, 3.63) is 29.8 Å². The molecule has 0 saturated carbocycles. The molecule has 2 atom stereocenters. The average Bonchev–Trinajstić information content (AvgIpc) is 3.22. The van der Waals surface area contributed by atoms with E-state index < -0.39 is 6.10 Å². The fourth-order valence-electron chi connectivity index (χ4n) is 4.43. The van der Waals surface area contributed by atoms with Crippen LogP contribution >= 0.6 is 0 Å². The number of ether oxygens (including phenoxy) is 3. The van der Waals surface area contributed by atoms with Crippen molar-refractivity contribution in [3.8, 4) is 5.75 Å². The number of amides is 2. The van der Waals surface area contributed by atoms with Gasteiger partial charge in [-0.3, -0.25) is 14.5 Å². The zero-order valence-electron chi connectivity index (χ0n) is 19.0. The monoisotopic (exact) mass is 449 g/mol. The minimum absolute atomic E-state index is 0.0198. The Hall–Kier alpha value is -2.20. The van der Waals surface area contributed by atoms with Gasteiger partial charge in [0.2, 0.25) is 11.8 Å². The van der Waals surface area contributed by atoms with Crippen LogP contribution in [0.3, 0.4) is 0 Å². The maximum atomic E-state index is 12.9. The van der Waals surface area contributed by atoms with Gasteiger partial charge in [0.15, 0.2) is 0 Å². The fraction of sp³-hybridized carbons (Fsp3) is 0.652. The molecule has 2 unspecified atom stereocenters. The highest BCUT2D eigenvalue weighted by Crippen LogP contribution is 2.27. The van der Waals surface area contributed by atoms with E-state index in [2.05, 4.69) is 10.2 Å². The fourth-order valence-corrected chi connectivity index (χ4v) is 4.43. The molecule has 0 bridgehead atoms. The van der Waals surface area contributed by atoms with Crippen LogP contribution in [0, 0.1) is 0 Å². The van der Waals surface area contributed by atoms with Gasteiger partial charge in [0, 0.05) is 39.3 Å². The lowest BCUT2D eigenvalue weighted by Gasteiger charge is -2.38. The van der Waals surface area contributed by atoms with Crippen molar-refractivity contribution in [3.63, 3.8) is 0 Å².